The van der Waals surface area contributed by atoms with E-state index in [1.807, 2.05) is 0 Å². The lowest BCUT2D eigenvalue weighted by Crippen LogP contribution is -2.24. The Kier molecular flexibility index (Phi) is 3.83. The summed E-state index contributed by atoms with van der Waals surface area (Å²) < 4.78 is 0.871. The Bertz CT molecular complexity index is 847. The van der Waals surface area contributed by atoms with Crippen LogP contribution in [0.25, 0.3) is 0 Å². The highest BCUT2D eigenvalue weighted by Crippen LogP contribution is 2.26. The molecule has 0 aliphatic heterocycles. The first-order valence-electron chi connectivity index (χ1n) is 6.02. The number of halogens is 1. The zero-order valence-electron chi connectivity index (χ0n) is 11.3. The second-order valence-electron chi connectivity index (χ2n) is 4.48. The lowest BCUT2D eigenvalue weighted by molar-refractivity contribution is 0.103. The van der Waals surface area contributed by atoms with Gasteiger partial charge in [-0.15, -0.1) is 0 Å². The summed E-state index contributed by atoms with van der Waals surface area (Å²) in [6.45, 7) is 1.45. The van der Waals surface area contributed by atoms with Gasteiger partial charge >= 0.3 is 0 Å². The van der Waals surface area contributed by atoms with Crippen LogP contribution >= 0.6 is 11.6 Å². The Morgan fingerprint density at radius 3 is 2.57 bits per heavy atom. The number of pyridine rings is 1. The second-order valence-corrected chi connectivity index (χ2v) is 4.89. The predicted octanol–water partition coefficient (Wildman–Crippen LogP) is 2.16. The molecule has 0 bridgehead atoms. The third-order valence-electron chi connectivity index (χ3n) is 3.27. The van der Waals surface area contributed by atoms with Crippen molar-refractivity contribution in [3.8, 4) is 11.9 Å². The average molecular weight is 303 g/mol. The first-order chi connectivity index (χ1) is 9.90. The fourth-order valence-corrected chi connectivity index (χ4v) is 2.29. The van der Waals surface area contributed by atoms with Crippen LogP contribution in [0.15, 0.2) is 29.1 Å². The number of ketones is 1. The highest BCUT2D eigenvalue weighted by atomic mass is 35.5. The van der Waals surface area contributed by atoms with Gasteiger partial charge in [0, 0.05) is 12.6 Å². The van der Waals surface area contributed by atoms with E-state index in [9.17, 15) is 14.7 Å². The molecule has 21 heavy (non-hydrogen) atoms. The van der Waals surface area contributed by atoms with E-state index >= 15 is 0 Å². The summed E-state index contributed by atoms with van der Waals surface area (Å²) >= 11 is 5.98. The molecule has 2 rings (SSSR count). The van der Waals surface area contributed by atoms with E-state index in [0.29, 0.717) is 0 Å². The van der Waals surface area contributed by atoms with Gasteiger partial charge in [0.05, 0.1) is 10.6 Å². The molecule has 0 radical (unpaired) electrons. The van der Waals surface area contributed by atoms with Crippen molar-refractivity contribution in [2.45, 2.75) is 6.92 Å². The highest BCUT2D eigenvalue weighted by Gasteiger charge is 2.24. The number of hydrogen-bond acceptors (Lipinski definition) is 4. The van der Waals surface area contributed by atoms with Crippen LogP contribution in [0.2, 0.25) is 5.02 Å². The molecule has 0 aliphatic rings. The van der Waals surface area contributed by atoms with Crippen molar-refractivity contribution in [2.75, 3.05) is 0 Å². The Labute approximate surface area is 125 Å². The van der Waals surface area contributed by atoms with Gasteiger partial charge in [-0.1, -0.05) is 23.7 Å². The van der Waals surface area contributed by atoms with Gasteiger partial charge < -0.3 is 5.11 Å². The fraction of sp³-hybridized carbons (Fsp3) is 0.133. The molecule has 0 atom stereocenters. The van der Waals surface area contributed by atoms with Gasteiger partial charge in [0.15, 0.2) is 5.78 Å². The Morgan fingerprint density at radius 2 is 2.00 bits per heavy atom. The molecule has 0 aliphatic carbocycles. The smallest absolute Gasteiger partial charge is 0.271 e. The number of aromatic nitrogens is 1. The molecule has 0 saturated heterocycles. The van der Waals surface area contributed by atoms with Crippen molar-refractivity contribution in [3.63, 3.8) is 0 Å². The molecular formula is C15H11ClN2O3. The number of nitrogens with zero attached hydrogens (tertiary/aromatic N) is 2. The Morgan fingerprint density at radius 1 is 1.38 bits per heavy atom. The van der Waals surface area contributed by atoms with Crippen LogP contribution in [0.1, 0.15) is 27.0 Å². The third kappa shape index (κ3) is 2.30. The third-order valence-corrected chi connectivity index (χ3v) is 3.60. The van der Waals surface area contributed by atoms with Gasteiger partial charge in [0.1, 0.15) is 11.6 Å². The maximum Gasteiger partial charge on any atom is 0.271 e. The first-order valence-corrected chi connectivity index (χ1v) is 6.39. The number of hydrogen-bond donors (Lipinski definition) is 1. The zero-order chi connectivity index (χ0) is 15.7. The molecule has 1 N–H and O–H groups in total. The van der Waals surface area contributed by atoms with Crippen LogP contribution < -0.4 is 5.56 Å². The van der Waals surface area contributed by atoms with Gasteiger partial charge in [-0.2, -0.15) is 5.26 Å². The Hall–Kier alpha value is -2.58. The molecule has 6 heteroatoms. The molecule has 1 aromatic carbocycles. The maximum absolute atomic E-state index is 12.6. The minimum atomic E-state index is -0.650. The standard InChI is InChI=1S/C15H11ClN2O3/c1-8-10(7-17)14(20)18(2)15(21)12(8)13(19)9-5-3-4-6-11(9)16/h3-6,21H,1-2H3. The van der Waals surface area contributed by atoms with Crippen LogP contribution in [0.5, 0.6) is 5.88 Å². The van der Waals surface area contributed by atoms with Crippen LogP contribution in [0.4, 0.5) is 0 Å². The van der Waals surface area contributed by atoms with Gasteiger partial charge in [0.25, 0.3) is 5.56 Å². The quantitative estimate of drug-likeness (QED) is 0.862. The van der Waals surface area contributed by atoms with Crippen molar-refractivity contribution in [2.24, 2.45) is 7.05 Å². The topological polar surface area (TPSA) is 83.1 Å². The molecule has 0 spiro atoms. The number of benzene rings is 1. The van der Waals surface area contributed by atoms with Gasteiger partial charge in [0.2, 0.25) is 5.88 Å². The van der Waals surface area contributed by atoms with Crippen molar-refractivity contribution in [3.05, 3.63) is 61.9 Å². The lowest BCUT2D eigenvalue weighted by atomic mass is 9.97. The summed E-state index contributed by atoms with van der Waals surface area (Å²) in [7, 11) is 1.29. The summed E-state index contributed by atoms with van der Waals surface area (Å²) in [6.07, 6.45) is 0. The summed E-state index contributed by atoms with van der Waals surface area (Å²) in [4.78, 5) is 24.4. The van der Waals surface area contributed by atoms with Crippen LogP contribution in [0, 0.1) is 18.3 Å². The SMILES string of the molecule is Cc1c(C(=O)c2ccccc2Cl)c(O)n(C)c(=O)c1C#N. The minimum Gasteiger partial charge on any atom is -0.494 e. The van der Waals surface area contributed by atoms with Crippen LogP contribution in [0.3, 0.4) is 0 Å². The van der Waals surface area contributed by atoms with E-state index in [2.05, 4.69) is 0 Å². The average Bonchev–Trinajstić information content (AvgIpc) is 2.46. The molecule has 5 nitrogen and oxygen atoms in total. The van der Waals surface area contributed by atoms with Crippen molar-refractivity contribution >= 4 is 17.4 Å². The monoisotopic (exact) mass is 302 g/mol. The van der Waals surface area contributed by atoms with Crippen LogP contribution in [-0.2, 0) is 7.05 Å². The largest absolute Gasteiger partial charge is 0.494 e. The summed E-state index contributed by atoms with van der Waals surface area (Å²) in [5.41, 5.74) is -0.584. The van der Waals surface area contributed by atoms with E-state index in [-0.39, 0.29) is 27.3 Å². The number of carbonyl (C=O) groups excluding carboxylic acids is 1. The molecule has 0 amide bonds. The van der Waals surface area contributed by atoms with Crippen LogP contribution in [-0.4, -0.2) is 15.5 Å². The molecule has 0 unspecified atom stereocenters. The molecular weight excluding hydrogens is 292 g/mol. The Balaban J connectivity index is 2.80. The first kappa shape index (κ1) is 14.8. The van der Waals surface area contributed by atoms with E-state index in [4.69, 9.17) is 16.9 Å². The minimum absolute atomic E-state index is 0.0956. The van der Waals surface area contributed by atoms with Gasteiger partial charge in [-0.05, 0) is 24.6 Å². The molecule has 1 aromatic heterocycles. The normalized spacial score (nSPS) is 10.2. The fourth-order valence-electron chi connectivity index (χ4n) is 2.07. The zero-order valence-corrected chi connectivity index (χ0v) is 12.1. The van der Waals surface area contributed by atoms with E-state index in [1.165, 1.54) is 20.0 Å². The predicted molar refractivity (Wildman–Crippen MR) is 77.7 cm³/mol. The van der Waals surface area contributed by atoms with E-state index < -0.39 is 17.2 Å². The second kappa shape index (κ2) is 5.43. The van der Waals surface area contributed by atoms with Gasteiger partial charge in [-0.25, -0.2) is 0 Å². The number of nitriles is 1. The van der Waals surface area contributed by atoms with Crippen molar-refractivity contribution in [1.82, 2.24) is 4.57 Å². The molecule has 106 valence electrons. The maximum atomic E-state index is 12.6. The molecule has 0 fully saturated rings. The molecule has 0 saturated carbocycles. The number of aromatic hydroxyl groups is 1. The summed E-state index contributed by atoms with van der Waals surface area (Å²) in [6, 6.07) is 8.14. The highest BCUT2D eigenvalue weighted by molar-refractivity contribution is 6.35. The molecule has 2 aromatic rings. The van der Waals surface area contributed by atoms with E-state index in [0.717, 1.165) is 4.57 Å². The van der Waals surface area contributed by atoms with Gasteiger partial charge in [-0.3, -0.25) is 14.2 Å². The summed E-state index contributed by atoms with van der Waals surface area (Å²) in [5, 5.41) is 19.4. The lowest BCUT2D eigenvalue weighted by Gasteiger charge is -2.13. The number of carbonyl (C=O) groups is 1. The van der Waals surface area contributed by atoms with E-state index in [1.54, 1.807) is 24.3 Å². The molecule has 1 heterocycles. The van der Waals surface area contributed by atoms with Crippen molar-refractivity contribution < 1.29 is 9.90 Å². The van der Waals surface area contributed by atoms with Crippen molar-refractivity contribution in [1.29, 1.82) is 5.26 Å². The summed E-state index contributed by atoms with van der Waals surface area (Å²) in [5.74, 6) is -1.02. The number of rotatable bonds is 2.